The van der Waals surface area contributed by atoms with Crippen molar-refractivity contribution in [2.45, 2.75) is 39.9 Å². The van der Waals surface area contributed by atoms with Gasteiger partial charge in [-0.1, -0.05) is 71.8 Å². The number of aromatic carboxylic acids is 1. The fourth-order valence-electron chi connectivity index (χ4n) is 7.61. The molecule has 7 N–H and O–H groups in total. The first-order chi connectivity index (χ1) is 49.2. The molecule has 8 aromatic rings. The molecule has 576 valence electrons. The van der Waals surface area contributed by atoms with Gasteiger partial charge in [-0.25, -0.2) is 50.0 Å². The van der Waals surface area contributed by atoms with E-state index in [2.05, 4.69) is 47.1 Å². The van der Waals surface area contributed by atoms with Gasteiger partial charge in [0.15, 0.2) is 69.1 Å². The van der Waals surface area contributed by atoms with Crippen molar-refractivity contribution in [3.63, 3.8) is 0 Å². The zero-order valence-electron chi connectivity index (χ0n) is 58.1. The van der Waals surface area contributed by atoms with Crippen LogP contribution in [0.25, 0.3) is 22.5 Å². The molecule has 0 amide bonds. The van der Waals surface area contributed by atoms with Crippen molar-refractivity contribution >= 4 is 111 Å². The van der Waals surface area contributed by atoms with Crippen LogP contribution in [0.5, 0.6) is 0 Å². The normalized spacial score (nSPS) is 11.7. The Morgan fingerprint density at radius 1 is 0.462 bits per heavy atom. The summed E-state index contributed by atoms with van der Waals surface area (Å²) in [5.74, 6) is -1.59. The largest absolute Gasteiger partial charge is 0.476 e. The number of carboxylic acid groups (broad SMARTS) is 1. The lowest BCUT2D eigenvalue weighted by atomic mass is 10.1. The molecule has 0 aliphatic heterocycles. The van der Waals surface area contributed by atoms with E-state index in [-0.39, 0.29) is 61.3 Å². The van der Waals surface area contributed by atoms with Crippen molar-refractivity contribution in [2.75, 3.05) is 97.2 Å². The van der Waals surface area contributed by atoms with Crippen LogP contribution in [0.3, 0.4) is 0 Å². The molecular weight excluding hydrogens is 1560 g/mol. The summed E-state index contributed by atoms with van der Waals surface area (Å²) >= 11 is 0. The van der Waals surface area contributed by atoms with Crippen molar-refractivity contribution in [2.24, 2.45) is 0 Å². The monoisotopic (exact) mass is 1640 g/mol. The van der Waals surface area contributed by atoms with Crippen LogP contribution in [-0.4, -0.2) is 160 Å². The average molecular weight is 1640 g/mol. The van der Waals surface area contributed by atoms with Crippen LogP contribution in [0.2, 0.25) is 0 Å². The Hall–Kier alpha value is -8.85. The number of anilines is 3. The highest BCUT2D eigenvalue weighted by Gasteiger charge is 2.34. The smallest absolute Gasteiger partial charge is 0.358 e. The molecule has 0 unspecified atom stereocenters. The molecule has 2 aromatic heterocycles. The van der Waals surface area contributed by atoms with E-state index in [4.69, 9.17) is 31.4 Å². The summed E-state index contributed by atoms with van der Waals surface area (Å²) in [5, 5.41) is 29.5. The van der Waals surface area contributed by atoms with E-state index in [0.29, 0.717) is 22.6 Å². The zero-order chi connectivity index (χ0) is 80.4. The molecule has 0 bridgehead atoms. The van der Waals surface area contributed by atoms with Gasteiger partial charge in [-0.2, -0.15) is 8.42 Å². The number of nitrogens with two attached hydrogens (primary N) is 3. The standard InChI is InChI=1S/C22H24N3O6PS.C12H11N3O2.C9H12NO7PS.C9H14NO5PS.C6H4FNO4S.C3H9O3P/c1-15-4-8-17(9-5-15)19-13-24-22(23)21(25-19)20(26)12-16-6-10-18(11-7-16)33(28,29)14-32(27,30-2)31-3;1-7-2-4-8(5-3-7)9-6-14-11(13)10(15-9)12(16)17;1-16-18(13,17-2)7-19(14,15)9-5-3-8(4-6-9)10(11)12;1-14-16(11,15-2)7-17(12,13)9-5-3-8(10)4-6-9;7-13(11,12)6-3-1-5(2-4-6)8(9)10;1-5-7(3,4)6-2/h4-11,13H,12,14H2,1-3H3,(H2,23,24);2-6H,1H3,(H2,13,14)(H,16,17);3-6H,7H2,1-2H3;3-6H,7,10H2,1-2H3;1-4H;1-3H3. The van der Waals surface area contributed by atoms with E-state index in [1.165, 1.54) is 81.8 Å². The van der Waals surface area contributed by atoms with E-state index in [1.807, 2.05) is 62.4 Å². The zero-order valence-corrected chi connectivity index (χ0v) is 65.0. The lowest BCUT2D eigenvalue weighted by molar-refractivity contribution is -0.385. The minimum atomic E-state index is -4.77. The first-order valence-corrected chi connectivity index (χ1v) is 42.8. The van der Waals surface area contributed by atoms with Crippen molar-refractivity contribution in [1.29, 1.82) is 0 Å². The summed E-state index contributed by atoms with van der Waals surface area (Å²) in [6.07, 6.45) is 2.92. The minimum Gasteiger partial charge on any atom is -0.476 e. The maximum absolute atomic E-state index is 12.8. The van der Waals surface area contributed by atoms with Gasteiger partial charge in [-0.15, -0.1) is 3.89 Å². The first kappa shape index (κ1) is 91.4. The van der Waals surface area contributed by atoms with E-state index in [9.17, 15) is 85.6 Å². The van der Waals surface area contributed by atoms with Crippen molar-refractivity contribution in [3.05, 3.63) is 206 Å². The second-order valence-corrected chi connectivity index (χ2v) is 38.7. The van der Waals surface area contributed by atoms with Crippen LogP contribution in [0.15, 0.2) is 178 Å². The number of hydrogen-bond acceptors (Lipinski definition) is 33. The highest BCUT2D eigenvalue weighted by atomic mass is 32.3. The summed E-state index contributed by atoms with van der Waals surface area (Å²) in [7, 11) is -20.7. The molecule has 45 heteroatoms. The van der Waals surface area contributed by atoms with Gasteiger partial charge in [-0.05, 0) is 80.1 Å². The number of carbonyl (C=O) groups excluding carboxylic acids is 1. The molecule has 0 radical (unpaired) electrons. The number of non-ortho nitro benzene ring substituents is 2. The van der Waals surface area contributed by atoms with Gasteiger partial charge in [-0.3, -0.25) is 43.3 Å². The topological polar surface area (TPSA) is 549 Å². The predicted molar refractivity (Wildman–Crippen MR) is 389 cm³/mol. The number of hydrogen-bond donors (Lipinski definition) is 4. The van der Waals surface area contributed by atoms with Gasteiger partial charge < -0.3 is 58.5 Å². The fraction of sp³-hybridized carbons (Fsp3) is 0.246. The highest BCUT2D eigenvalue weighted by molar-refractivity contribution is 7.98. The summed E-state index contributed by atoms with van der Waals surface area (Å²) in [6, 6.07) is 34.3. The number of aryl methyl sites for hydroxylation is 2. The molecule has 36 nitrogen and oxygen atoms in total. The number of ketones is 1. The number of sulfone groups is 3. The second kappa shape index (κ2) is 40.2. The van der Waals surface area contributed by atoms with Crippen LogP contribution in [0.1, 0.15) is 37.7 Å². The van der Waals surface area contributed by atoms with Gasteiger partial charge in [0.1, 0.15) is 5.69 Å². The predicted octanol–water partition coefficient (Wildman–Crippen LogP) is 11.1. The van der Waals surface area contributed by atoms with Crippen LogP contribution < -0.4 is 17.2 Å². The Labute approximate surface area is 609 Å². The number of benzene rings is 6. The quantitative estimate of drug-likeness (QED) is 0.00977. The fourth-order valence-corrected chi connectivity index (χ4v) is 19.6. The Morgan fingerprint density at radius 3 is 1.04 bits per heavy atom. The number of nitro benzene ring substituents is 2. The molecule has 2 heterocycles. The van der Waals surface area contributed by atoms with E-state index in [0.717, 1.165) is 113 Å². The molecule has 0 fully saturated rings. The number of Topliss-reactive ketones (excluding diaryl/α,β-unsaturated/α-hetero) is 1. The molecule has 0 atom stereocenters. The highest BCUT2D eigenvalue weighted by Crippen LogP contribution is 2.50. The number of nitrogens with zero attached hydrogens (tertiary/aromatic N) is 6. The first-order valence-electron chi connectivity index (χ1n) is 29.3. The molecular formula is C61H74FN9O27P4S4. The molecule has 106 heavy (non-hydrogen) atoms. The molecule has 0 aliphatic rings. The van der Waals surface area contributed by atoms with Gasteiger partial charge in [0.2, 0.25) is 0 Å². The maximum Gasteiger partial charge on any atom is 0.358 e. The summed E-state index contributed by atoms with van der Waals surface area (Å²) in [4.78, 5) is 58.5. The number of halogens is 1. The number of rotatable bonds is 26. The Bertz CT molecular complexity index is 5010. The Kier molecular flexibility index (Phi) is 34.6. The second-order valence-electron chi connectivity index (χ2n) is 21.1. The Balaban J connectivity index is 0.000000349. The van der Waals surface area contributed by atoms with Gasteiger partial charge in [0.05, 0.1) is 53.2 Å². The van der Waals surface area contributed by atoms with E-state index >= 15 is 0 Å². The number of nitrogen functional groups attached to an aromatic ring is 3. The van der Waals surface area contributed by atoms with Crippen molar-refractivity contribution < 1.29 is 117 Å². The lowest BCUT2D eigenvalue weighted by Gasteiger charge is -2.14. The number of aromatic nitrogens is 4. The Morgan fingerprint density at radius 2 is 0.755 bits per heavy atom. The third kappa shape index (κ3) is 28.8. The number of carbonyl (C=O) groups is 2. The molecule has 0 spiro atoms. The van der Waals surface area contributed by atoms with Gasteiger partial charge >= 0.3 is 46.6 Å². The van der Waals surface area contributed by atoms with Crippen molar-refractivity contribution in [1.82, 2.24) is 19.9 Å². The van der Waals surface area contributed by atoms with Crippen molar-refractivity contribution in [3.8, 4) is 22.5 Å². The van der Waals surface area contributed by atoms with E-state index < -0.39 is 107 Å². The number of carboxylic acids is 1. The number of nitro groups is 2. The third-order valence-electron chi connectivity index (χ3n) is 13.7. The SMILES string of the molecule is COP(=O)(CS(=O)(=O)c1ccc(CC(=O)c2nc(-c3ccc(C)cc3)cnc2N)cc1)OC.COP(=O)(CS(=O)(=O)c1ccc(N)cc1)OC.COP(=O)(CS(=O)(=O)c1ccc([N+](=O)[O-])cc1)OC.COP(C)(=O)OC.Cc1ccc(-c2cnc(N)c(C(=O)O)n2)cc1.O=[N+]([O-])c1ccc(S(=O)(=O)F)cc1. The van der Waals surface area contributed by atoms with Crippen LogP contribution in [0.4, 0.5) is 32.6 Å². The van der Waals surface area contributed by atoms with Gasteiger partial charge in [0.25, 0.3) is 11.4 Å². The minimum absolute atomic E-state index is 0.0185. The van der Waals surface area contributed by atoms with Gasteiger partial charge in [0, 0.05) is 111 Å². The van der Waals surface area contributed by atoms with E-state index in [1.54, 1.807) is 0 Å². The third-order valence-corrected chi connectivity index (χ3v) is 30.0. The summed E-state index contributed by atoms with van der Waals surface area (Å²) in [6.45, 7) is 5.35. The molecule has 6 aromatic carbocycles. The van der Waals surface area contributed by atoms with Crippen LogP contribution in [0, 0.1) is 34.1 Å². The summed E-state index contributed by atoms with van der Waals surface area (Å²) < 4.78 is 188. The molecule has 8 rings (SSSR count). The van der Waals surface area contributed by atoms with Crippen LogP contribution in [-0.2, 0) is 101 Å². The molecule has 0 saturated heterocycles. The summed E-state index contributed by atoms with van der Waals surface area (Å²) in [5.41, 5.74) is 19.6. The average Bonchev–Trinajstić information content (AvgIpc) is 0.865. The van der Waals surface area contributed by atoms with Crippen LogP contribution >= 0.6 is 30.4 Å². The molecule has 0 saturated carbocycles. The maximum atomic E-state index is 12.8. The molecule has 0 aliphatic carbocycles. The lowest BCUT2D eigenvalue weighted by Crippen LogP contribution is -2.12.